The van der Waals surface area contributed by atoms with Crippen molar-refractivity contribution >= 4 is 6.03 Å². The van der Waals surface area contributed by atoms with Gasteiger partial charge in [0.25, 0.3) is 0 Å². The first-order chi connectivity index (χ1) is 8.72. The molecule has 4 nitrogen and oxygen atoms in total. The minimum absolute atomic E-state index is 0.0929. The third kappa shape index (κ3) is 2.82. The summed E-state index contributed by atoms with van der Waals surface area (Å²) in [5, 5.41) is 14.4. The van der Waals surface area contributed by atoms with Crippen LogP contribution in [0.25, 0.3) is 0 Å². The van der Waals surface area contributed by atoms with Crippen LogP contribution in [0.5, 0.6) is 0 Å². The summed E-state index contributed by atoms with van der Waals surface area (Å²) in [5.41, 5.74) is 2.55. The van der Waals surface area contributed by atoms with Crippen LogP contribution in [-0.2, 0) is 6.42 Å². The molecular formula is C14H20N2O2. The maximum absolute atomic E-state index is 11.7. The standard InChI is InChI=1S/C14H20N2O2/c1-10-9-11-5-2-3-6-12(11)13(10)16-14(18)15-7-4-8-17/h2-3,5-6,10,13,17H,4,7-9H2,1H3,(H2,15,16,18). The zero-order valence-corrected chi connectivity index (χ0v) is 10.6. The maximum atomic E-state index is 11.7. The number of hydrogen-bond donors (Lipinski definition) is 3. The minimum atomic E-state index is -0.156. The van der Waals surface area contributed by atoms with Gasteiger partial charge in [0.1, 0.15) is 0 Å². The van der Waals surface area contributed by atoms with Gasteiger partial charge in [-0.25, -0.2) is 4.79 Å². The van der Waals surface area contributed by atoms with E-state index in [1.807, 2.05) is 12.1 Å². The van der Waals surface area contributed by atoms with Crippen LogP contribution in [0.1, 0.15) is 30.5 Å². The van der Waals surface area contributed by atoms with Crippen molar-refractivity contribution in [2.75, 3.05) is 13.2 Å². The number of carbonyl (C=O) groups excluding carboxylic acids is 1. The van der Waals surface area contributed by atoms with E-state index in [0.29, 0.717) is 18.9 Å². The quantitative estimate of drug-likeness (QED) is 0.709. The second-order valence-electron chi connectivity index (χ2n) is 4.84. The molecule has 0 radical (unpaired) electrons. The lowest BCUT2D eigenvalue weighted by molar-refractivity contribution is 0.231. The predicted octanol–water partition coefficient (Wildman–Crippen LogP) is 1.60. The van der Waals surface area contributed by atoms with Crippen molar-refractivity contribution in [2.45, 2.75) is 25.8 Å². The number of urea groups is 1. The molecule has 0 saturated carbocycles. The highest BCUT2D eigenvalue weighted by atomic mass is 16.3. The maximum Gasteiger partial charge on any atom is 0.315 e. The van der Waals surface area contributed by atoms with Crippen LogP contribution in [0.4, 0.5) is 4.79 Å². The largest absolute Gasteiger partial charge is 0.396 e. The van der Waals surface area contributed by atoms with Gasteiger partial charge in [-0.3, -0.25) is 0 Å². The molecule has 4 heteroatoms. The van der Waals surface area contributed by atoms with Gasteiger partial charge in [0, 0.05) is 13.2 Å². The van der Waals surface area contributed by atoms with E-state index in [0.717, 1.165) is 6.42 Å². The molecule has 0 spiro atoms. The van der Waals surface area contributed by atoms with Crippen molar-refractivity contribution in [3.8, 4) is 0 Å². The van der Waals surface area contributed by atoms with E-state index >= 15 is 0 Å². The number of aliphatic hydroxyl groups excluding tert-OH is 1. The smallest absolute Gasteiger partial charge is 0.315 e. The topological polar surface area (TPSA) is 61.4 Å². The predicted molar refractivity (Wildman–Crippen MR) is 70.3 cm³/mol. The molecule has 0 aromatic heterocycles. The Morgan fingerprint density at radius 1 is 1.44 bits per heavy atom. The highest BCUT2D eigenvalue weighted by molar-refractivity contribution is 5.74. The lowest BCUT2D eigenvalue weighted by Crippen LogP contribution is -2.39. The summed E-state index contributed by atoms with van der Waals surface area (Å²) in [6, 6.07) is 8.19. The average molecular weight is 248 g/mol. The highest BCUT2D eigenvalue weighted by Gasteiger charge is 2.29. The molecule has 0 heterocycles. The van der Waals surface area contributed by atoms with E-state index in [1.165, 1.54) is 11.1 Å². The van der Waals surface area contributed by atoms with Crippen molar-refractivity contribution in [1.29, 1.82) is 0 Å². The monoisotopic (exact) mass is 248 g/mol. The summed E-state index contributed by atoms with van der Waals surface area (Å²) >= 11 is 0. The second kappa shape index (κ2) is 5.87. The van der Waals surface area contributed by atoms with E-state index in [2.05, 4.69) is 29.7 Å². The molecule has 18 heavy (non-hydrogen) atoms. The average Bonchev–Trinajstić information content (AvgIpc) is 2.67. The molecule has 1 aliphatic carbocycles. The zero-order chi connectivity index (χ0) is 13.0. The molecule has 2 rings (SSSR count). The highest BCUT2D eigenvalue weighted by Crippen LogP contribution is 2.35. The minimum Gasteiger partial charge on any atom is -0.396 e. The molecule has 1 aromatic carbocycles. The van der Waals surface area contributed by atoms with Gasteiger partial charge in [0.15, 0.2) is 0 Å². The number of hydrogen-bond acceptors (Lipinski definition) is 2. The third-order valence-corrected chi connectivity index (χ3v) is 3.41. The fraction of sp³-hybridized carbons (Fsp3) is 0.500. The first kappa shape index (κ1) is 12.9. The lowest BCUT2D eigenvalue weighted by atomic mass is 10.0. The van der Waals surface area contributed by atoms with Crippen LogP contribution >= 0.6 is 0 Å². The molecule has 0 saturated heterocycles. The summed E-state index contributed by atoms with van der Waals surface area (Å²) < 4.78 is 0. The first-order valence-corrected chi connectivity index (χ1v) is 6.45. The summed E-state index contributed by atoms with van der Waals surface area (Å²) in [6.07, 6.45) is 1.60. The van der Waals surface area contributed by atoms with Crippen LogP contribution in [0.3, 0.4) is 0 Å². The Kier molecular flexibility index (Phi) is 4.20. The first-order valence-electron chi connectivity index (χ1n) is 6.45. The Morgan fingerprint density at radius 3 is 3.00 bits per heavy atom. The van der Waals surface area contributed by atoms with Crippen LogP contribution in [0.15, 0.2) is 24.3 Å². The van der Waals surface area contributed by atoms with E-state index in [1.54, 1.807) is 0 Å². The molecule has 2 unspecified atom stereocenters. The Balaban J connectivity index is 1.95. The Morgan fingerprint density at radius 2 is 2.22 bits per heavy atom. The Hall–Kier alpha value is -1.55. The molecule has 0 aliphatic heterocycles. The number of amides is 2. The van der Waals surface area contributed by atoms with Gasteiger partial charge >= 0.3 is 6.03 Å². The molecule has 0 bridgehead atoms. The van der Waals surface area contributed by atoms with Crippen molar-refractivity contribution in [3.63, 3.8) is 0 Å². The number of rotatable bonds is 4. The fourth-order valence-electron chi connectivity index (χ4n) is 2.49. The molecule has 3 N–H and O–H groups in total. The Bertz CT molecular complexity index is 420. The van der Waals surface area contributed by atoms with Crippen molar-refractivity contribution in [3.05, 3.63) is 35.4 Å². The number of fused-ring (bicyclic) bond motifs is 1. The molecule has 2 atom stereocenters. The molecule has 1 aromatic rings. The van der Waals surface area contributed by atoms with Crippen molar-refractivity contribution < 1.29 is 9.90 Å². The van der Waals surface area contributed by atoms with Gasteiger partial charge in [0.05, 0.1) is 6.04 Å². The molecule has 98 valence electrons. The van der Waals surface area contributed by atoms with E-state index in [4.69, 9.17) is 5.11 Å². The van der Waals surface area contributed by atoms with Gasteiger partial charge in [-0.2, -0.15) is 0 Å². The Labute approximate surface area is 107 Å². The van der Waals surface area contributed by atoms with Crippen molar-refractivity contribution in [1.82, 2.24) is 10.6 Å². The number of benzene rings is 1. The summed E-state index contributed by atoms with van der Waals surface area (Å²) in [5.74, 6) is 0.422. The van der Waals surface area contributed by atoms with Gasteiger partial charge in [0.2, 0.25) is 0 Å². The summed E-state index contributed by atoms with van der Waals surface area (Å²) in [6.45, 7) is 2.76. The van der Waals surface area contributed by atoms with Gasteiger partial charge in [-0.05, 0) is 29.9 Å². The van der Waals surface area contributed by atoms with Crippen LogP contribution in [-0.4, -0.2) is 24.3 Å². The zero-order valence-electron chi connectivity index (χ0n) is 10.6. The second-order valence-corrected chi connectivity index (χ2v) is 4.84. The number of aliphatic hydroxyl groups is 1. The van der Waals surface area contributed by atoms with E-state index < -0.39 is 0 Å². The summed E-state index contributed by atoms with van der Waals surface area (Å²) in [7, 11) is 0. The van der Waals surface area contributed by atoms with Crippen LogP contribution in [0.2, 0.25) is 0 Å². The summed E-state index contributed by atoms with van der Waals surface area (Å²) in [4.78, 5) is 11.7. The molecule has 1 aliphatic rings. The van der Waals surface area contributed by atoms with E-state index in [9.17, 15) is 4.79 Å². The molecular weight excluding hydrogens is 228 g/mol. The SMILES string of the molecule is CC1Cc2ccccc2C1NC(=O)NCCCO. The van der Waals surface area contributed by atoms with Crippen molar-refractivity contribution in [2.24, 2.45) is 5.92 Å². The van der Waals surface area contributed by atoms with Crippen LogP contribution < -0.4 is 10.6 Å². The van der Waals surface area contributed by atoms with Crippen LogP contribution in [0, 0.1) is 5.92 Å². The van der Waals surface area contributed by atoms with Gasteiger partial charge in [-0.1, -0.05) is 31.2 Å². The molecule has 0 fully saturated rings. The molecule has 2 amide bonds. The van der Waals surface area contributed by atoms with E-state index in [-0.39, 0.29) is 18.7 Å². The fourth-order valence-corrected chi connectivity index (χ4v) is 2.49. The lowest BCUT2D eigenvalue weighted by Gasteiger charge is -2.19. The van der Waals surface area contributed by atoms with Gasteiger partial charge in [-0.15, -0.1) is 0 Å². The van der Waals surface area contributed by atoms with Gasteiger partial charge < -0.3 is 15.7 Å². The number of carbonyl (C=O) groups is 1. The normalized spacial score (nSPS) is 21.4. The third-order valence-electron chi connectivity index (χ3n) is 3.41. The number of nitrogens with one attached hydrogen (secondary N) is 2.